The maximum atomic E-state index is 12.0. The van der Waals surface area contributed by atoms with Gasteiger partial charge in [0.1, 0.15) is 11.5 Å². The summed E-state index contributed by atoms with van der Waals surface area (Å²) >= 11 is 0. The van der Waals surface area contributed by atoms with Gasteiger partial charge in [0.2, 0.25) is 11.8 Å². The third-order valence-corrected chi connectivity index (χ3v) is 3.33. The van der Waals surface area contributed by atoms with Gasteiger partial charge in [-0.05, 0) is 43.4 Å². The molecule has 0 atom stereocenters. The van der Waals surface area contributed by atoms with Crippen LogP contribution >= 0.6 is 0 Å². The molecule has 0 radical (unpaired) electrons. The van der Waals surface area contributed by atoms with Crippen LogP contribution in [0.15, 0.2) is 48.5 Å². The molecule has 0 unspecified atom stereocenters. The lowest BCUT2D eigenvalue weighted by Gasteiger charge is -2.16. The van der Waals surface area contributed by atoms with E-state index in [0.717, 1.165) is 0 Å². The van der Waals surface area contributed by atoms with Crippen LogP contribution in [0.1, 0.15) is 0 Å². The van der Waals surface area contributed by atoms with E-state index in [9.17, 15) is 14.7 Å². The van der Waals surface area contributed by atoms with E-state index in [4.69, 9.17) is 4.74 Å². The zero-order valence-corrected chi connectivity index (χ0v) is 14.2. The van der Waals surface area contributed by atoms with Gasteiger partial charge in [-0.25, -0.2) is 0 Å². The van der Waals surface area contributed by atoms with Crippen molar-refractivity contribution in [3.8, 4) is 11.5 Å². The van der Waals surface area contributed by atoms with Gasteiger partial charge in [0.25, 0.3) is 0 Å². The molecule has 0 bridgehead atoms. The number of aromatic hydroxyl groups is 1. The number of carbonyl (C=O) groups excluding carboxylic acids is 2. The van der Waals surface area contributed by atoms with Gasteiger partial charge in [-0.15, -0.1) is 0 Å². The van der Waals surface area contributed by atoms with Gasteiger partial charge >= 0.3 is 0 Å². The van der Waals surface area contributed by atoms with E-state index in [1.807, 2.05) is 0 Å². The Morgan fingerprint density at radius 2 is 1.60 bits per heavy atom. The minimum absolute atomic E-state index is 0.0619. The summed E-state index contributed by atoms with van der Waals surface area (Å²) in [5.41, 5.74) is 1.21. The molecule has 25 heavy (non-hydrogen) atoms. The van der Waals surface area contributed by atoms with Crippen LogP contribution in [0, 0.1) is 0 Å². The molecule has 0 spiro atoms. The zero-order chi connectivity index (χ0) is 18.2. The lowest BCUT2D eigenvalue weighted by molar-refractivity contribution is -0.119. The summed E-state index contributed by atoms with van der Waals surface area (Å²) in [6, 6.07) is 13.2. The Hall–Kier alpha value is -3.06. The van der Waals surface area contributed by atoms with Gasteiger partial charge in [0.05, 0.1) is 20.2 Å². The molecule has 7 nitrogen and oxygen atoms in total. The highest BCUT2D eigenvalue weighted by atomic mass is 16.5. The van der Waals surface area contributed by atoms with Crippen LogP contribution in [0.5, 0.6) is 11.5 Å². The predicted molar refractivity (Wildman–Crippen MR) is 95.9 cm³/mol. The molecule has 7 heteroatoms. The Morgan fingerprint density at radius 3 is 2.20 bits per heavy atom. The van der Waals surface area contributed by atoms with E-state index in [-0.39, 0.29) is 30.7 Å². The molecule has 0 fully saturated rings. The second-order valence-corrected chi connectivity index (χ2v) is 5.55. The van der Waals surface area contributed by atoms with E-state index in [0.29, 0.717) is 17.1 Å². The number of rotatable bonds is 7. The van der Waals surface area contributed by atoms with Crippen LogP contribution < -0.4 is 15.4 Å². The van der Waals surface area contributed by atoms with Gasteiger partial charge in [0.15, 0.2) is 0 Å². The molecular formula is C18H21N3O4. The first kappa shape index (κ1) is 18.3. The average molecular weight is 343 g/mol. The topological polar surface area (TPSA) is 90.9 Å². The van der Waals surface area contributed by atoms with E-state index in [1.165, 1.54) is 12.1 Å². The largest absolute Gasteiger partial charge is 0.508 e. The number of benzene rings is 2. The van der Waals surface area contributed by atoms with Crippen LogP contribution in [0.25, 0.3) is 0 Å². The highest BCUT2D eigenvalue weighted by Crippen LogP contribution is 2.16. The third kappa shape index (κ3) is 6.15. The van der Waals surface area contributed by atoms with Crippen molar-refractivity contribution in [2.45, 2.75) is 0 Å². The number of likely N-dealkylation sites (N-methyl/N-ethyl adjacent to an activating group) is 1. The van der Waals surface area contributed by atoms with Crippen LogP contribution in [0.2, 0.25) is 0 Å². The van der Waals surface area contributed by atoms with Crippen molar-refractivity contribution in [1.82, 2.24) is 4.90 Å². The van der Waals surface area contributed by atoms with Gasteiger partial charge in [0, 0.05) is 17.4 Å². The smallest absolute Gasteiger partial charge is 0.238 e. The summed E-state index contributed by atoms with van der Waals surface area (Å²) in [5, 5.41) is 14.7. The Morgan fingerprint density at radius 1 is 1.00 bits per heavy atom. The summed E-state index contributed by atoms with van der Waals surface area (Å²) in [7, 11) is 3.24. The number of nitrogens with one attached hydrogen (secondary N) is 2. The molecule has 2 rings (SSSR count). The van der Waals surface area contributed by atoms with Crippen LogP contribution in [-0.4, -0.2) is 49.1 Å². The Kier molecular flexibility index (Phi) is 6.36. The number of anilines is 2. The standard InChI is InChI=1S/C18H21N3O4/c1-21(11-17(23)19-13-6-8-15(22)9-7-13)12-18(24)20-14-4-3-5-16(10-14)25-2/h3-10,22H,11-12H2,1-2H3,(H,19,23)(H,20,24). The predicted octanol–water partition coefficient (Wildman–Crippen LogP) is 1.91. The number of amides is 2. The fourth-order valence-electron chi connectivity index (χ4n) is 2.19. The summed E-state index contributed by atoms with van der Waals surface area (Å²) in [6.45, 7) is 0.132. The van der Waals surface area contributed by atoms with Crippen molar-refractivity contribution in [3.05, 3.63) is 48.5 Å². The van der Waals surface area contributed by atoms with E-state index in [1.54, 1.807) is 55.5 Å². The fraction of sp³-hybridized carbons (Fsp3) is 0.222. The molecule has 0 aliphatic rings. The summed E-state index contributed by atoms with van der Waals surface area (Å²) in [4.78, 5) is 25.6. The first-order chi connectivity index (χ1) is 12.0. The molecule has 0 saturated heterocycles. The lowest BCUT2D eigenvalue weighted by Crippen LogP contribution is -2.36. The van der Waals surface area contributed by atoms with Crippen molar-refractivity contribution in [2.24, 2.45) is 0 Å². The number of hydrogen-bond acceptors (Lipinski definition) is 5. The van der Waals surface area contributed by atoms with Gasteiger partial charge in [-0.1, -0.05) is 6.07 Å². The van der Waals surface area contributed by atoms with E-state index < -0.39 is 0 Å². The summed E-state index contributed by atoms with van der Waals surface area (Å²) in [5.74, 6) is 0.305. The third-order valence-electron chi connectivity index (χ3n) is 3.33. The van der Waals surface area contributed by atoms with E-state index >= 15 is 0 Å². The Labute approximate surface area is 146 Å². The lowest BCUT2D eigenvalue weighted by atomic mass is 10.3. The van der Waals surface area contributed by atoms with Crippen molar-refractivity contribution in [2.75, 3.05) is 37.9 Å². The molecular weight excluding hydrogens is 322 g/mol. The van der Waals surface area contributed by atoms with Crippen molar-refractivity contribution < 1.29 is 19.4 Å². The molecule has 0 aliphatic carbocycles. The Balaban J connectivity index is 1.80. The SMILES string of the molecule is COc1cccc(NC(=O)CN(C)CC(=O)Nc2ccc(O)cc2)c1. The second kappa shape index (κ2) is 8.70. The summed E-state index contributed by atoms with van der Waals surface area (Å²) in [6.07, 6.45) is 0. The average Bonchev–Trinajstić information content (AvgIpc) is 2.56. The highest BCUT2D eigenvalue weighted by Gasteiger charge is 2.11. The minimum Gasteiger partial charge on any atom is -0.508 e. The normalized spacial score (nSPS) is 10.4. The van der Waals surface area contributed by atoms with Crippen molar-refractivity contribution in [3.63, 3.8) is 0 Å². The van der Waals surface area contributed by atoms with Crippen LogP contribution in [0.3, 0.4) is 0 Å². The van der Waals surface area contributed by atoms with Gasteiger partial charge in [-0.3, -0.25) is 14.5 Å². The summed E-state index contributed by atoms with van der Waals surface area (Å²) < 4.78 is 5.10. The first-order valence-electron chi connectivity index (χ1n) is 7.67. The quantitative estimate of drug-likeness (QED) is 0.668. The minimum atomic E-state index is -0.248. The zero-order valence-electron chi connectivity index (χ0n) is 14.2. The molecule has 2 aromatic rings. The second-order valence-electron chi connectivity index (χ2n) is 5.55. The van der Waals surface area contributed by atoms with E-state index in [2.05, 4.69) is 10.6 Å². The van der Waals surface area contributed by atoms with Crippen LogP contribution in [0.4, 0.5) is 11.4 Å². The number of phenols is 1. The van der Waals surface area contributed by atoms with Crippen molar-refractivity contribution in [1.29, 1.82) is 0 Å². The van der Waals surface area contributed by atoms with Crippen molar-refractivity contribution >= 4 is 23.2 Å². The molecule has 132 valence electrons. The maximum absolute atomic E-state index is 12.0. The molecule has 0 heterocycles. The number of hydrogen-bond donors (Lipinski definition) is 3. The molecule has 0 saturated carbocycles. The maximum Gasteiger partial charge on any atom is 0.238 e. The number of nitrogens with zero attached hydrogens (tertiary/aromatic N) is 1. The molecule has 2 amide bonds. The first-order valence-corrected chi connectivity index (χ1v) is 7.67. The van der Waals surface area contributed by atoms with Gasteiger partial charge in [-0.2, -0.15) is 0 Å². The monoisotopic (exact) mass is 343 g/mol. The number of carbonyl (C=O) groups is 2. The number of phenolic OH excluding ortho intramolecular Hbond substituents is 1. The number of methoxy groups -OCH3 is 1. The number of ether oxygens (including phenoxy) is 1. The molecule has 0 aliphatic heterocycles. The fourth-order valence-corrected chi connectivity index (χ4v) is 2.19. The molecule has 0 aromatic heterocycles. The molecule has 2 aromatic carbocycles. The van der Waals surface area contributed by atoms with Gasteiger partial charge < -0.3 is 20.5 Å². The Bertz CT molecular complexity index is 731. The highest BCUT2D eigenvalue weighted by molar-refractivity contribution is 5.94. The molecule has 3 N–H and O–H groups in total. The van der Waals surface area contributed by atoms with Crippen LogP contribution in [-0.2, 0) is 9.59 Å².